The van der Waals surface area contributed by atoms with Gasteiger partial charge in [-0.05, 0) is 36.8 Å². The van der Waals surface area contributed by atoms with Crippen LogP contribution in [0.25, 0.3) is 10.9 Å². The molecule has 3 heteroatoms. The van der Waals surface area contributed by atoms with Crippen molar-refractivity contribution >= 4 is 17.3 Å². The summed E-state index contributed by atoms with van der Waals surface area (Å²) in [7, 11) is 0. The number of aromatic nitrogens is 1. The van der Waals surface area contributed by atoms with Crippen LogP contribution in [0.3, 0.4) is 0 Å². The highest BCUT2D eigenvalue weighted by Crippen LogP contribution is 2.51. The van der Waals surface area contributed by atoms with E-state index in [1.165, 1.54) is 35.0 Å². The Hall–Kier alpha value is -1.77. The summed E-state index contributed by atoms with van der Waals surface area (Å²) in [6.45, 7) is 0. The van der Waals surface area contributed by atoms with Crippen molar-refractivity contribution in [2.75, 3.05) is 0 Å². The third kappa shape index (κ3) is 1.22. The first-order valence-corrected chi connectivity index (χ1v) is 6.68. The van der Waals surface area contributed by atoms with Gasteiger partial charge < -0.3 is 10.3 Å². The molecule has 1 fully saturated rings. The van der Waals surface area contributed by atoms with Crippen molar-refractivity contribution < 1.29 is 4.79 Å². The Morgan fingerprint density at radius 3 is 3.06 bits per heavy atom. The minimum atomic E-state index is 0.321. The summed E-state index contributed by atoms with van der Waals surface area (Å²) in [5.41, 5.74) is 4.13. The van der Waals surface area contributed by atoms with E-state index in [9.17, 15) is 4.79 Å². The predicted molar refractivity (Wildman–Crippen MR) is 70.6 cm³/mol. The zero-order valence-electron chi connectivity index (χ0n) is 10.1. The number of carbonyl (C=O) groups is 1. The molecule has 3 aliphatic rings. The summed E-state index contributed by atoms with van der Waals surface area (Å²) < 4.78 is 0. The number of H-pyrrole nitrogens is 1. The van der Waals surface area contributed by atoms with Gasteiger partial charge in [-0.25, -0.2) is 0 Å². The normalized spacial score (nSPS) is 29.2. The lowest BCUT2D eigenvalue weighted by atomic mass is 9.66. The molecular weight excluding hydrogens is 224 g/mol. The number of amides is 1. The monoisotopic (exact) mass is 240 g/mol. The van der Waals surface area contributed by atoms with Crippen molar-refractivity contribution in [1.82, 2.24) is 10.3 Å². The molecule has 3 nitrogen and oxygen atoms in total. The number of fused-ring (bicyclic) bond motifs is 3. The molecule has 1 saturated carbocycles. The lowest BCUT2D eigenvalue weighted by Gasteiger charge is -2.42. The predicted octanol–water partition coefficient (Wildman–Crippen LogP) is 2.65. The molecule has 18 heavy (non-hydrogen) atoms. The van der Waals surface area contributed by atoms with Crippen LogP contribution in [-0.4, -0.2) is 17.4 Å². The zero-order chi connectivity index (χ0) is 12.1. The van der Waals surface area contributed by atoms with Crippen molar-refractivity contribution in [2.45, 2.75) is 37.1 Å². The van der Waals surface area contributed by atoms with Crippen LogP contribution in [-0.2, 0) is 4.79 Å². The molecule has 1 aromatic heterocycles. The van der Waals surface area contributed by atoms with Gasteiger partial charge in [-0.2, -0.15) is 0 Å². The summed E-state index contributed by atoms with van der Waals surface area (Å²) in [5, 5.41) is 4.38. The molecule has 3 atom stereocenters. The topological polar surface area (TPSA) is 44.9 Å². The van der Waals surface area contributed by atoms with Crippen LogP contribution >= 0.6 is 0 Å². The molecule has 3 aliphatic carbocycles. The molecule has 2 bridgehead atoms. The Labute approximate surface area is 106 Å². The first-order chi connectivity index (χ1) is 8.88. The van der Waals surface area contributed by atoms with Crippen molar-refractivity contribution in [3.8, 4) is 0 Å². The second-order valence-electron chi connectivity index (χ2n) is 5.51. The van der Waals surface area contributed by atoms with E-state index in [1.807, 2.05) is 0 Å². The van der Waals surface area contributed by atoms with E-state index in [1.54, 1.807) is 0 Å². The molecule has 2 aromatic rings. The largest absolute Gasteiger partial charge is 0.358 e. The molecule has 2 N–H and O–H groups in total. The zero-order valence-corrected chi connectivity index (χ0v) is 10.1. The van der Waals surface area contributed by atoms with E-state index in [4.69, 9.17) is 0 Å². The third-order valence-corrected chi connectivity index (χ3v) is 4.69. The van der Waals surface area contributed by atoms with Gasteiger partial charge in [0.05, 0.1) is 0 Å². The second-order valence-corrected chi connectivity index (χ2v) is 5.51. The van der Waals surface area contributed by atoms with Crippen LogP contribution in [0.5, 0.6) is 0 Å². The van der Waals surface area contributed by atoms with Gasteiger partial charge in [-0.1, -0.05) is 18.2 Å². The molecular formula is C15H16N2O. The number of para-hydroxylation sites is 1. The standard InChI is InChI=1S/C15H16N2O/c18-8-16-13-7-9-5-6-11(13)15-14(9)10-3-1-2-4-12(10)17-15/h1-4,8-9,11,13,17H,5-7H2,(H,16,18). The van der Waals surface area contributed by atoms with E-state index >= 15 is 0 Å². The summed E-state index contributed by atoms with van der Waals surface area (Å²) >= 11 is 0. The highest BCUT2D eigenvalue weighted by molar-refractivity contribution is 5.86. The Balaban J connectivity index is 1.91. The number of hydrogen-bond donors (Lipinski definition) is 2. The van der Waals surface area contributed by atoms with Crippen LogP contribution < -0.4 is 5.32 Å². The first-order valence-electron chi connectivity index (χ1n) is 6.68. The molecule has 1 heterocycles. The maximum atomic E-state index is 10.7. The summed E-state index contributed by atoms with van der Waals surface area (Å²) in [4.78, 5) is 14.3. The van der Waals surface area contributed by atoms with E-state index in [2.05, 4.69) is 34.6 Å². The van der Waals surface area contributed by atoms with Crippen LogP contribution in [0.15, 0.2) is 24.3 Å². The van der Waals surface area contributed by atoms with Gasteiger partial charge in [0.25, 0.3) is 0 Å². The lowest BCUT2D eigenvalue weighted by molar-refractivity contribution is -0.110. The molecule has 0 spiro atoms. The molecule has 5 rings (SSSR count). The maximum absolute atomic E-state index is 10.7. The van der Waals surface area contributed by atoms with E-state index in [0.29, 0.717) is 17.9 Å². The van der Waals surface area contributed by atoms with Gasteiger partial charge in [0, 0.05) is 28.6 Å². The smallest absolute Gasteiger partial charge is 0.207 e. The van der Waals surface area contributed by atoms with E-state index in [-0.39, 0.29) is 0 Å². The number of carbonyl (C=O) groups excluding carboxylic acids is 1. The fraction of sp³-hybridized carbons (Fsp3) is 0.400. The molecule has 0 aliphatic heterocycles. The summed E-state index contributed by atoms with van der Waals surface area (Å²) in [5.74, 6) is 1.08. The first kappa shape index (κ1) is 10.2. The highest BCUT2D eigenvalue weighted by atomic mass is 16.1. The number of rotatable bonds is 2. The van der Waals surface area contributed by atoms with Crippen molar-refractivity contribution in [1.29, 1.82) is 0 Å². The summed E-state index contributed by atoms with van der Waals surface area (Å²) in [6, 6.07) is 8.87. The van der Waals surface area contributed by atoms with Crippen LogP contribution in [0, 0.1) is 0 Å². The Kier molecular flexibility index (Phi) is 2.04. The van der Waals surface area contributed by atoms with Gasteiger partial charge in [-0.15, -0.1) is 0 Å². The van der Waals surface area contributed by atoms with Crippen molar-refractivity contribution in [3.63, 3.8) is 0 Å². The van der Waals surface area contributed by atoms with Gasteiger partial charge in [0.15, 0.2) is 0 Å². The molecule has 92 valence electrons. The maximum Gasteiger partial charge on any atom is 0.207 e. The molecule has 0 radical (unpaired) electrons. The lowest BCUT2D eigenvalue weighted by Crippen LogP contribution is -2.42. The van der Waals surface area contributed by atoms with Gasteiger partial charge in [-0.3, -0.25) is 4.79 Å². The van der Waals surface area contributed by atoms with Crippen molar-refractivity contribution in [2.24, 2.45) is 0 Å². The SMILES string of the molecule is O=CNC1CC2CCC1c1[nH]c3ccccc3c12. The highest BCUT2D eigenvalue weighted by Gasteiger charge is 2.41. The Morgan fingerprint density at radius 1 is 1.28 bits per heavy atom. The number of aromatic amines is 1. The Bertz CT molecular complexity index is 616. The minimum Gasteiger partial charge on any atom is -0.358 e. The summed E-state index contributed by atoms with van der Waals surface area (Å²) in [6.07, 6.45) is 4.40. The Morgan fingerprint density at radius 2 is 2.17 bits per heavy atom. The molecule has 0 saturated heterocycles. The fourth-order valence-electron chi connectivity index (χ4n) is 3.97. The van der Waals surface area contributed by atoms with E-state index < -0.39 is 0 Å². The van der Waals surface area contributed by atoms with Gasteiger partial charge >= 0.3 is 0 Å². The van der Waals surface area contributed by atoms with Crippen molar-refractivity contribution in [3.05, 3.63) is 35.5 Å². The third-order valence-electron chi connectivity index (χ3n) is 4.69. The van der Waals surface area contributed by atoms with Crippen LogP contribution in [0.2, 0.25) is 0 Å². The number of benzene rings is 1. The van der Waals surface area contributed by atoms with Gasteiger partial charge in [0.2, 0.25) is 6.41 Å². The van der Waals surface area contributed by atoms with E-state index in [0.717, 1.165) is 12.8 Å². The number of hydrogen-bond acceptors (Lipinski definition) is 1. The fourth-order valence-corrected chi connectivity index (χ4v) is 3.97. The molecule has 1 aromatic carbocycles. The van der Waals surface area contributed by atoms with Crippen LogP contribution in [0.1, 0.15) is 42.4 Å². The average molecular weight is 240 g/mol. The quantitative estimate of drug-likeness (QED) is 0.779. The number of nitrogens with one attached hydrogen (secondary N) is 2. The minimum absolute atomic E-state index is 0.321. The van der Waals surface area contributed by atoms with Gasteiger partial charge in [0.1, 0.15) is 0 Å². The molecule has 3 unspecified atom stereocenters. The average Bonchev–Trinajstić information content (AvgIpc) is 2.80. The molecule has 1 amide bonds. The second kappa shape index (κ2) is 3.61. The van der Waals surface area contributed by atoms with Crippen LogP contribution in [0.4, 0.5) is 0 Å².